The molecule has 5 heteroatoms. The van der Waals surface area contributed by atoms with Crippen molar-refractivity contribution >= 4 is 16.1 Å². The molecule has 4 nitrogen and oxygen atoms in total. The second kappa shape index (κ2) is 8.50. The van der Waals surface area contributed by atoms with Crippen LogP contribution < -0.4 is 4.74 Å². The minimum absolute atomic E-state index is 0.0931. The fraction of sp³-hybridized carbons (Fsp3) is 0.391. The molecule has 1 unspecified atom stereocenters. The van der Waals surface area contributed by atoms with Gasteiger partial charge in [0.05, 0.1) is 12.0 Å². The average molecular weight is 400 g/mol. The summed E-state index contributed by atoms with van der Waals surface area (Å²) in [6.07, 6.45) is 6.74. The van der Waals surface area contributed by atoms with Crippen LogP contribution in [0.1, 0.15) is 38.7 Å². The Morgan fingerprint density at radius 2 is 1.75 bits per heavy atom. The average Bonchev–Trinajstić information content (AvgIpc) is 2.85. The number of sulfonamides is 1. The quantitative estimate of drug-likeness (QED) is 0.712. The normalized spacial score (nSPS) is 20.8. The van der Waals surface area contributed by atoms with Crippen molar-refractivity contribution in [2.45, 2.75) is 44.0 Å². The van der Waals surface area contributed by atoms with Gasteiger partial charge in [-0.2, -0.15) is 4.31 Å². The van der Waals surface area contributed by atoms with Gasteiger partial charge in [-0.1, -0.05) is 56.3 Å². The molecule has 0 radical (unpaired) electrons. The minimum Gasteiger partial charge on any atom is -0.497 e. The maximum atomic E-state index is 13.4. The van der Waals surface area contributed by atoms with Gasteiger partial charge in [-0.05, 0) is 54.5 Å². The molecule has 1 heterocycles. The van der Waals surface area contributed by atoms with E-state index in [4.69, 9.17) is 4.74 Å². The van der Waals surface area contributed by atoms with E-state index in [9.17, 15) is 8.42 Å². The van der Waals surface area contributed by atoms with Crippen molar-refractivity contribution in [1.29, 1.82) is 0 Å². The van der Waals surface area contributed by atoms with Crippen molar-refractivity contribution in [2.75, 3.05) is 13.7 Å². The second-order valence-electron chi connectivity index (χ2n) is 8.10. The van der Waals surface area contributed by atoms with Crippen LogP contribution in [0.5, 0.6) is 5.75 Å². The largest absolute Gasteiger partial charge is 0.497 e. The number of hydrogen-bond acceptors (Lipinski definition) is 3. The molecule has 2 aromatic rings. The number of benzene rings is 2. The number of ether oxygens (including phenoxy) is 1. The van der Waals surface area contributed by atoms with Crippen LogP contribution in [-0.4, -0.2) is 32.4 Å². The Balaban J connectivity index is 1.95. The van der Waals surface area contributed by atoms with Crippen LogP contribution >= 0.6 is 0 Å². The fourth-order valence-corrected chi connectivity index (χ4v) is 5.40. The third kappa shape index (κ3) is 4.83. The molecule has 1 saturated heterocycles. The molecule has 0 spiro atoms. The molecule has 1 aliphatic rings. The van der Waals surface area contributed by atoms with E-state index in [1.807, 2.05) is 42.5 Å². The van der Waals surface area contributed by atoms with Crippen molar-refractivity contribution in [1.82, 2.24) is 4.31 Å². The van der Waals surface area contributed by atoms with E-state index in [1.165, 1.54) is 0 Å². The maximum absolute atomic E-state index is 13.4. The predicted molar refractivity (Wildman–Crippen MR) is 114 cm³/mol. The number of nitrogens with zero attached hydrogens (tertiary/aromatic N) is 1. The third-order valence-electron chi connectivity index (χ3n) is 5.34. The molecule has 28 heavy (non-hydrogen) atoms. The van der Waals surface area contributed by atoms with Gasteiger partial charge in [-0.3, -0.25) is 0 Å². The highest BCUT2D eigenvalue weighted by Gasteiger charge is 2.36. The summed E-state index contributed by atoms with van der Waals surface area (Å²) in [6, 6.07) is 16.5. The lowest BCUT2D eigenvalue weighted by Crippen LogP contribution is -2.39. The lowest BCUT2D eigenvalue weighted by molar-refractivity contribution is 0.282. The summed E-state index contributed by atoms with van der Waals surface area (Å²) in [7, 11) is -2.01. The molecule has 1 aliphatic heterocycles. The van der Waals surface area contributed by atoms with Gasteiger partial charge in [0.1, 0.15) is 5.75 Å². The lowest BCUT2D eigenvalue weighted by Gasteiger charge is -2.30. The van der Waals surface area contributed by atoms with Gasteiger partial charge in [0.25, 0.3) is 0 Å². The summed E-state index contributed by atoms with van der Waals surface area (Å²) < 4.78 is 33.7. The van der Waals surface area contributed by atoms with Crippen LogP contribution in [0, 0.1) is 5.41 Å². The molecule has 0 aromatic heterocycles. The van der Waals surface area contributed by atoms with Crippen LogP contribution in [0.2, 0.25) is 0 Å². The van der Waals surface area contributed by atoms with E-state index in [1.54, 1.807) is 35.7 Å². The highest BCUT2D eigenvalue weighted by atomic mass is 32.2. The number of methoxy groups -OCH3 is 1. The zero-order valence-corrected chi connectivity index (χ0v) is 17.7. The van der Waals surface area contributed by atoms with Crippen LogP contribution in [0.15, 0.2) is 65.6 Å². The van der Waals surface area contributed by atoms with Crippen LogP contribution in [-0.2, 0) is 10.0 Å². The molecular weight excluding hydrogens is 370 g/mol. The summed E-state index contributed by atoms with van der Waals surface area (Å²) in [6.45, 7) is 4.97. The fourth-order valence-electron chi connectivity index (χ4n) is 3.78. The number of rotatable bonds is 5. The molecule has 0 aliphatic carbocycles. The maximum Gasteiger partial charge on any atom is 0.243 e. The Bertz CT molecular complexity index is 903. The standard InChI is InChI=1S/C23H29NO3S/c1-23(2)16-7-17-24(20(18-23)11-10-19-8-5-4-6-9-19)28(25,26)22-14-12-21(27-3)13-15-22/h4-6,8-15,20H,7,16-18H2,1-3H3. The first-order chi connectivity index (χ1) is 13.3. The van der Waals surface area contributed by atoms with Crippen LogP contribution in [0.4, 0.5) is 0 Å². The monoisotopic (exact) mass is 399 g/mol. The van der Waals surface area contributed by atoms with E-state index in [-0.39, 0.29) is 11.5 Å². The Kier molecular flexibility index (Phi) is 6.26. The van der Waals surface area contributed by atoms with Crippen molar-refractivity contribution in [3.63, 3.8) is 0 Å². The summed E-state index contributed by atoms with van der Waals surface area (Å²) in [4.78, 5) is 0.311. The molecule has 0 bridgehead atoms. The van der Waals surface area contributed by atoms with Gasteiger partial charge >= 0.3 is 0 Å². The van der Waals surface area contributed by atoms with Crippen molar-refractivity contribution < 1.29 is 13.2 Å². The topological polar surface area (TPSA) is 46.6 Å². The zero-order valence-electron chi connectivity index (χ0n) is 16.8. The van der Waals surface area contributed by atoms with Gasteiger partial charge in [-0.25, -0.2) is 8.42 Å². The van der Waals surface area contributed by atoms with Crippen molar-refractivity contribution in [3.8, 4) is 5.75 Å². The Hall–Kier alpha value is -2.11. The molecule has 0 N–H and O–H groups in total. The van der Waals surface area contributed by atoms with E-state index in [0.29, 0.717) is 17.2 Å². The molecule has 3 rings (SSSR count). The van der Waals surface area contributed by atoms with Gasteiger partial charge in [0.15, 0.2) is 0 Å². The van der Waals surface area contributed by atoms with Crippen molar-refractivity contribution in [2.24, 2.45) is 5.41 Å². The summed E-state index contributed by atoms with van der Waals surface area (Å²) in [5, 5.41) is 0. The summed E-state index contributed by atoms with van der Waals surface area (Å²) in [5.74, 6) is 0.650. The van der Waals surface area contributed by atoms with Crippen LogP contribution in [0.3, 0.4) is 0 Å². The molecule has 2 aromatic carbocycles. The smallest absolute Gasteiger partial charge is 0.243 e. The van der Waals surface area contributed by atoms with Gasteiger partial charge in [0, 0.05) is 12.6 Å². The first kappa shape index (κ1) is 20.6. The predicted octanol–water partition coefficient (Wildman–Crippen LogP) is 4.98. The van der Waals surface area contributed by atoms with E-state index in [2.05, 4.69) is 13.8 Å². The Labute approximate surface area is 168 Å². The van der Waals surface area contributed by atoms with Gasteiger partial charge in [-0.15, -0.1) is 0 Å². The SMILES string of the molecule is COc1ccc(S(=O)(=O)N2CCCC(C)(C)CC2C=Cc2ccccc2)cc1. The molecule has 0 amide bonds. The second-order valence-corrected chi connectivity index (χ2v) is 9.99. The van der Waals surface area contributed by atoms with E-state index in [0.717, 1.165) is 24.8 Å². The highest BCUT2D eigenvalue weighted by Crippen LogP contribution is 2.36. The summed E-state index contributed by atoms with van der Waals surface area (Å²) in [5.41, 5.74) is 1.17. The summed E-state index contributed by atoms with van der Waals surface area (Å²) >= 11 is 0. The molecule has 1 fully saturated rings. The van der Waals surface area contributed by atoms with E-state index >= 15 is 0 Å². The van der Waals surface area contributed by atoms with Gasteiger partial charge < -0.3 is 4.74 Å². The molecule has 1 atom stereocenters. The number of hydrogen-bond donors (Lipinski definition) is 0. The minimum atomic E-state index is -3.59. The molecule has 150 valence electrons. The molecular formula is C23H29NO3S. The van der Waals surface area contributed by atoms with Crippen molar-refractivity contribution in [3.05, 3.63) is 66.2 Å². The van der Waals surface area contributed by atoms with E-state index < -0.39 is 10.0 Å². The zero-order chi connectivity index (χ0) is 20.2. The molecule has 0 saturated carbocycles. The Morgan fingerprint density at radius 1 is 1.07 bits per heavy atom. The van der Waals surface area contributed by atoms with Crippen LogP contribution in [0.25, 0.3) is 6.08 Å². The lowest BCUT2D eigenvalue weighted by atomic mass is 9.83. The first-order valence-corrected chi connectivity index (χ1v) is 11.1. The van der Waals surface area contributed by atoms with Gasteiger partial charge in [0.2, 0.25) is 10.0 Å². The highest BCUT2D eigenvalue weighted by molar-refractivity contribution is 7.89. The first-order valence-electron chi connectivity index (χ1n) is 9.71. The Morgan fingerprint density at radius 3 is 2.39 bits per heavy atom. The third-order valence-corrected chi connectivity index (χ3v) is 7.28.